The third-order valence-corrected chi connectivity index (χ3v) is 8.20. The van der Waals surface area contributed by atoms with Crippen LogP contribution in [0.3, 0.4) is 0 Å². The number of aliphatic hydroxyl groups is 2. The van der Waals surface area contributed by atoms with Crippen LogP contribution in [-0.2, 0) is 19.2 Å². The number of nitrogens with two attached hydrogens (primary N) is 1. The van der Waals surface area contributed by atoms with Crippen molar-refractivity contribution >= 4 is 33.2 Å². The first-order valence-electron chi connectivity index (χ1n) is 13.7. The molecule has 15 nitrogen and oxygen atoms in total. The van der Waals surface area contributed by atoms with Gasteiger partial charge in [0.15, 0.2) is 17.7 Å². The zero-order valence-electron chi connectivity index (χ0n) is 23.6. The molecule has 2 fully saturated rings. The van der Waals surface area contributed by atoms with Gasteiger partial charge in [-0.3, -0.25) is 9.36 Å². The normalized spacial score (nSPS) is 23.0. The van der Waals surface area contributed by atoms with Crippen LogP contribution in [0.25, 0.3) is 11.2 Å². The number of benzene rings is 1. The number of hydrogen-bond donors (Lipinski definition) is 5. The number of carbonyl (C=O) groups excluding carboxylic acids is 1. The fourth-order valence-electron chi connectivity index (χ4n) is 4.74. The van der Waals surface area contributed by atoms with Crippen molar-refractivity contribution in [3.8, 4) is 5.75 Å². The Kier molecular flexibility index (Phi) is 9.96. The predicted octanol–water partition coefficient (Wildman–Crippen LogP) is 0.551. The summed E-state index contributed by atoms with van der Waals surface area (Å²) in [4.78, 5) is 26.8. The number of ether oxygens (including phenoxy) is 1. The van der Waals surface area contributed by atoms with Crippen LogP contribution in [0.5, 0.6) is 5.75 Å². The number of nitrogens with zero attached hydrogens (tertiary/aromatic N) is 5. The van der Waals surface area contributed by atoms with Crippen LogP contribution in [0.4, 0.5) is 5.82 Å². The second-order valence-electron chi connectivity index (χ2n) is 9.98. The molecule has 1 aromatic carbocycles. The Balaban J connectivity index is 0.000000517. The summed E-state index contributed by atoms with van der Waals surface area (Å²) in [5, 5.41) is 31.2. The van der Waals surface area contributed by atoms with Crippen molar-refractivity contribution in [1.29, 1.82) is 0 Å². The number of phenolic OH excluding ortho intramolecular Hbond substituents is 1. The average molecular weight is 608 g/mol. The zero-order chi connectivity index (χ0) is 30.6. The first-order valence-corrected chi connectivity index (χ1v) is 15.1. The highest BCUT2D eigenvalue weighted by atomic mass is 32.2. The van der Waals surface area contributed by atoms with E-state index in [2.05, 4.69) is 40.6 Å². The summed E-state index contributed by atoms with van der Waals surface area (Å²) >= 11 is 0. The van der Waals surface area contributed by atoms with Crippen molar-refractivity contribution in [2.24, 2.45) is 5.92 Å². The summed E-state index contributed by atoms with van der Waals surface area (Å²) in [6.45, 7) is 10.1. The molecule has 5 rings (SSSR count). The molecule has 1 amide bonds. The van der Waals surface area contributed by atoms with Crippen LogP contribution in [0, 0.1) is 5.92 Å². The number of amides is 1. The molecule has 0 bridgehead atoms. The van der Waals surface area contributed by atoms with Gasteiger partial charge in [0.1, 0.15) is 42.0 Å². The fraction of sp³-hybridized carbons (Fsp3) is 0.538. The van der Waals surface area contributed by atoms with E-state index in [0.29, 0.717) is 12.8 Å². The van der Waals surface area contributed by atoms with Crippen molar-refractivity contribution in [2.45, 2.75) is 64.3 Å². The highest BCUT2D eigenvalue weighted by molar-refractivity contribution is 7.85. The van der Waals surface area contributed by atoms with Gasteiger partial charge in [-0.05, 0) is 50.5 Å². The van der Waals surface area contributed by atoms with E-state index in [1.807, 2.05) is 0 Å². The third kappa shape index (κ3) is 6.96. The lowest BCUT2D eigenvalue weighted by Crippen LogP contribution is -2.45. The Morgan fingerprint density at radius 1 is 1.14 bits per heavy atom. The predicted molar refractivity (Wildman–Crippen MR) is 151 cm³/mol. The molecule has 2 aliphatic rings. The number of hydrogen-bond acceptors (Lipinski definition) is 13. The summed E-state index contributed by atoms with van der Waals surface area (Å²) in [6.07, 6.45) is -2.90. The summed E-state index contributed by atoms with van der Waals surface area (Å²) in [7, 11) is -4.68. The molecule has 1 aliphatic carbocycles. The van der Waals surface area contributed by atoms with E-state index in [-0.39, 0.29) is 28.5 Å². The van der Waals surface area contributed by atoms with E-state index >= 15 is 0 Å². The summed E-state index contributed by atoms with van der Waals surface area (Å²) < 4.78 is 39.6. The van der Waals surface area contributed by atoms with E-state index in [1.54, 1.807) is 4.72 Å². The summed E-state index contributed by atoms with van der Waals surface area (Å²) in [6, 6.07) is 5.41. The number of nitrogens with one attached hydrogen (secondary N) is 1. The van der Waals surface area contributed by atoms with Crippen LogP contribution in [0.2, 0.25) is 0 Å². The average Bonchev–Trinajstić information content (AvgIpc) is 3.65. The van der Waals surface area contributed by atoms with Crippen LogP contribution < -0.4 is 10.5 Å². The molecule has 3 aromatic rings. The van der Waals surface area contributed by atoms with Crippen LogP contribution in [0.15, 0.2) is 36.9 Å². The Hall–Kier alpha value is -3.41. The Labute approximate surface area is 243 Å². The summed E-state index contributed by atoms with van der Waals surface area (Å²) in [5.74, 6) is -1.68. The van der Waals surface area contributed by atoms with Gasteiger partial charge in [0.25, 0.3) is 5.91 Å². The number of phenols is 1. The Bertz CT molecular complexity index is 1470. The van der Waals surface area contributed by atoms with Gasteiger partial charge < -0.3 is 30.7 Å². The monoisotopic (exact) mass is 607 g/mol. The Morgan fingerprint density at radius 2 is 1.81 bits per heavy atom. The van der Waals surface area contributed by atoms with Crippen molar-refractivity contribution in [3.05, 3.63) is 42.5 Å². The quantitative estimate of drug-likeness (QED) is 0.213. The van der Waals surface area contributed by atoms with Gasteiger partial charge in [0.05, 0.1) is 11.9 Å². The number of imidazole rings is 1. The maximum absolute atomic E-state index is 12.7. The third-order valence-electron chi connectivity index (χ3n) is 7.29. The van der Waals surface area contributed by atoms with Gasteiger partial charge in [-0.1, -0.05) is 32.9 Å². The van der Waals surface area contributed by atoms with Crippen molar-refractivity contribution in [3.63, 3.8) is 0 Å². The maximum atomic E-state index is 12.7. The molecule has 0 spiro atoms. The molecular weight excluding hydrogens is 570 g/mol. The van der Waals surface area contributed by atoms with E-state index in [1.165, 1.54) is 61.1 Å². The molecule has 1 unspecified atom stereocenters. The molecule has 3 heterocycles. The van der Waals surface area contributed by atoms with Gasteiger partial charge >= 0.3 is 10.3 Å². The molecule has 42 heavy (non-hydrogen) atoms. The molecule has 5 atom stereocenters. The molecule has 2 aromatic heterocycles. The minimum absolute atomic E-state index is 0.115. The number of anilines is 1. The zero-order valence-corrected chi connectivity index (χ0v) is 24.4. The molecule has 230 valence electrons. The second kappa shape index (κ2) is 13.3. The number of para-hydroxylation sites is 1. The van der Waals surface area contributed by atoms with Crippen LogP contribution in [0.1, 0.15) is 50.2 Å². The van der Waals surface area contributed by atoms with Crippen molar-refractivity contribution in [1.82, 2.24) is 29.1 Å². The lowest BCUT2D eigenvalue weighted by Gasteiger charge is -2.25. The van der Waals surface area contributed by atoms with Crippen molar-refractivity contribution in [2.75, 3.05) is 25.4 Å². The van der Waals surface area contributed by atoms with Gasteiger partial charge in [-0.15, -0.1) is 0 Å². The first-order chi connectivity index (χ1) is 20.0. The van der Waals surface area contributed by atoms with Crippen LogP contribution >= 0.6 is 0 Å². The first kappa shape index (κ1) is 31.5. The van der Waals surface area contributed by atoms with Crippen LogP contribution in [-0.4, -0.2) is 98.1 Å². The SMILES string of the molecule is CCN(CC)CC.Nc1ncnc2c1ncn2[C@@H]1O[C@H](C(OS(=O)(=O)NC(=O)c2ccccc2O)C2CC2)[C@@H](O)[C@H]1O. The van der Waals surface area contributed by atoms with Gasteiger partial charge in [0.2, 0.25) is 0 Å². The molecule has 1 saturated carbocycles. The van der Waals surface area contributed by atoms with Gasteiger partial charge in [-0.25, -0.2) is 23.9 Å². The molecule has 6 N–H and O–H groups in total. The molecule has 1 saturated heterocycles. The number of rotatable bonds is 10. The lowest BCUT2D eigenvalue weighted by molar-refractivity contribution is -0.0800. The number of aromatic hydroxyl groups is 1. The number of aromatic nitrogens is 4. The van der Waals surface area contributed by atoms with Crippen molar-refractivity contribution < 1.29 is 37.5 Å². The smallest absolute Gasteiger partial charge is 0.362 e. The van der Waals surface area contributed by atoms with E-state index < -0.39 is 52.6 Å². The minimum atomic E-state index is -4.68. The lowest BCUT2D eigenvalue weighted by atomic mass is 10.0. The fourth-order valence-corrected chi connectivity index (χ4v) is 5.69. The van der Waals surface area contributed by atoms with E-state index in [0.717, 1.165) is 0 Å². The Morgan fingerprint density at radius 3 is 2.40 bits per heavy atom. The number of aliphatic hydroxyl groups excluding tert-OH is 2. The largest absolute Gasteiger partial charge is 0.507 e. The maximum Gasteiger partial charge on any atom is 0.362 e. The topological polar surface area (TPSA) is 215 Å². The number of nitrogen functional groups attached to an aromatic ring is 1. The van der Waals surface area contributed by atoms with Gasteiger partial charge in [0, 0.05) is 0 Å². The highest BCUT2D eigenvalue weighted by Gasteiger charge is 2.53. The number of carbonyl (C=O) groups is 1. The molecule has 1 aliphatic heterocycles. The molecule has 16 heteroatoms. The molecule has 0 radical (unpaired) electrons. The highest BCUT2D eigenvalue weighted by Crippen LogP contribution is 2.43. The standard InChI is InChI=1S/C20H22N6O8S.C6H15N/c21-17-12-18(23-7-22-17)26(8-24-12)20-14(29)13(28)16(33-20)15(9-5-6-9)34-35(31,32)25-19(30)10-3-1-2-4-11(10)27;1-4-7(5-2)6-3/h1-4,7-9,13-16,20,27-29H,5-6H2,(H,25,30)(H2,21,22,23);4-6H2,1-3H3/t13-,14+,15?,16-,20+;/m0./s1. The minimum Gasteiger partial charge on any atom is -0.507 e. The molecular formula is C26H37N7O8S. The second-order valence-corrected chi connectivity index (χ2v) is 11.3. The van der Waals surface area contributed by atoms with Gasteiger partial charge in [-0.2, -0.15) is 8.42 Å². The summed E-state index contributed by atoms with van der Waals surface area (Å²) in [5.41, 5.74) is 6.06. The number of fused-ring (bicyclic) bond motifs is 1. The van der Waals surface area contributed by atoms with E-state index in [4.69, 9.17) is 14.7 Å². The van der Waals surface area contributed by atoms with E-state index in [9.17, 15) is 28.5 Å².